The second-order valence-corrected chi connectivity index (χ2v) is 7.49. The van der Waals surface area contributed by atoms with Crippen LogP contribution in [0.5, 0.6) is 17.2 Å². The quantitative estimate of drug-likeness (QED) is 0.526. The van der Waals surface area contributed by atoms with Crippen LogP contribution in [0.3, 0.4) is 0 Å². The second-order valence-electron chi connectivity index (χ2n) is 6.63. The molecule has 2 aromatic carbocycles. The summed E-state index contributed by atoms with van der Waals surface area (Å²) in [7, 11) is 4.49. The molecule has 2 amide bonds. The van der Waals surface area contributed by atoms with Crippen molar-refractivity contribution in [3.05, 3.63) is 47.1 Å². The molecule has 0 radical (unpaired) electrons. The number of ether oxygens (including phenoxy) is 3. The molecule has 0 aliphatic heterocycles. The van der Waals surface area contributed by atoms with Gasteiger partial charge in [0, 0.05) is 29.1 Å². The van der Waals surface area contributed by atoms with Crippen molar-refractivity contribution < 1.29 is 28.2 Å². The monoisotopic (exact) mass is 459 g/mol. The van der Waals surface area contributed by atoms with E-state index in [0.29, 0.717) is 39.3 Å². The summed E-state index contributed by atoms with van der Waals surface area (Å²) in [5.74, 6) is 0.150. The van der Waals surface area contributed by atoms with Crippen LogP contribution in [0.15, 0.2) is 35.7 Å². The summed E-state index contributed by atoms with van der Waals surface area (Å²) in [4.78, 5) is 28.0. The highest BCUT2D eigenvalue weighted by molar-refractivity contribution is 7.14. The van der Waals surface area contributed by atoms with E-state index >= 15 is 0 Å². The molecule has 32 heavy (non-hydrogen) atoms. The number of nitrogens with zero attached hydrogens (tertiary/aromatic N) is 1. The third-order valence-electron chi connectivity index (χ3n) is 4.45. The molecule has 0 fully saturated rings. The van der Waals surface area contributed by atoms with Crippen molar-refractivity contribution in [2.75, 3.05) is 32.0 Å². The molecular formula is C22H22FN3O5S. The molecule has 0 spiro atoms. The summed E-state index contributed by atoms with van der Waals surface area (Å²) in [5.41, 5.74) is 1.60. The normalized spacial score (nSPS) is 10.4. The number of hydrogen-bond donors (Lipinski definition) is 2. The number of carbonyl (C=O) groups is 2. The topological polar surface area (TPSA) is 98.8 Å². The van der Waals surface area contributed by atoms with Gasteiger partial charge in [-0.25, -0.2) is 9.37 Å². The van der Waals surface area contributed by atoms with Crippen molar-refractivity contribution in [3.63, 3.8) is 0 Å². The zero-order valence-electron chi connectivity index (χ0n) is 17.9. The molecule has 0 saturated carbocycles. The van der Waals surface area contributed by atoms with Crippen LogP contribution >= 0.6 is 11.3 Å². The van der Waals surface area contributed by atoms with Crippen LogP contribution in [0.25, 0.3) is 11.3 Å². The Labute approximate surface area is 188 Å². The predicted octanol–water partition coefficient (Wildman–Crippen LogP) is 4.11. The van der Waals surface area contributed by atoms with Crippen LogP contribution in [0, 0.1) is 5.82 Å². The molecule has 3 aromatic rings. The van der Waals surface area contributed by atoms with E-state index in [-0.39, 0.29) is 23.8 Å². The Kier molecular flexibility index (Phi) is 7.26. The molecule has 0 aliphatic rings. The Morgan fingerprint density at radius 3 is 2.41 bits per heavy atom. The lowest BCUT2D eigenvalue weighted by Gasteiger charge is -2.15. The molecule has 0 atom stereocenters. The molecule has 3 rings (SSSR count). The van der Waals surface area contributed by atoms with Crippen LogP contribution in [-0.4, -0.2) is 38.1 Å². The first kappa shape index (κ1) is 23.0. The molecule has 0 bridgehead atoms. The summed E-state index contributed by atoms with van der Waals surface area (Å²) in [5, 5.41) is 7.21. The molecule has 0 aliphatic carbocycles. The minimum absolute atomic E-state index is 0.0121. The lowest BCUT2D eigenvalue weighted by Crippen LogP contribution is -2.15. The van der Waals surface area contributed by atoms with Crippen LogP contribution in [0.2, 0.25) is 0 Å². The lowest BCUT2D eigenvalue weighted by atomic mass is 10.1. The van der Waals surface area contributed by atoms with Gasteiger partial charge >= 0.3 is 0 Å². The van der Waals surface area contributed by atoms with Crippen molar-refractivity contribution >= 4 is 34.0 Å². The van der Waals surface area contributed by atoms with E-state index in [1.807, 2.05) is 0 Å². The molecule has 8 nitrogen and oxygen atoms in total. The largest absolute Gasteiger partial charge is 0.493 e. The first-order valence-corrected chi connectivity index (χ1v) is 10.3. The minimum atomic E-state index is -0.533. The van der Waals surface area contributed by atoms with E-state index < -0.39 is 5.82 Å². The smallest absolute Gasteiger partial charge is 0.230 e. The van der Waals surface area contributed by atoms with Crippen molar-refractivity contribution in [3.8, 4) is 28.5 Å². The first-order valence-electron chi connectivity index (χ1n) is 9.47. The summed E-state index contributed by atoms with van der Waals surface area (Å²) < 4.78 is 30.4. The number of halogens is 1. The fraction of sp³-hybridized carbons (Fsp3) is 0.227. The maximum Gasteiger partial charge on any atom is 0.230 e. The third-order valence-corrected chi connectivity index (χ3v) is 5.21. The number of nitrogens with one attached hydrogen (secondary N) is 2. The molecule has 1 heterocycles. The van der Waals surface area contributed by atoms with E-state index in [2.05, 4.69) is 15.6 Å². The van der Waals surface area contributed by atoms with Crippen molar-refractivity contribution in [2.24, 2.45) is 0 Å². The van der Waals surface area contributed by atoms with Gasteiger partial charge in [-0.3, -0.25) is 9.59 Å². The number of carbonyl (C=O) groups excluding carboxylic acids is 2. The second kappa shape index (κ2) is 10.1. The Morgan fingerprint density at radius 2 is 1.78 bits per heavy atom. The first-order chi connectivity index (χ1) is 15.4. The molecule has 1 aromatic heterocycles. The summed E-state index contributed by atoms with van der Waals surface area (Å²) in [6.45, 7) is 1.35. The van der Waals surface area contributed by atoms with Gasteiger partial charge in [-0.2, -0.15) is 0 Å². The average molecular weight is 459 g/mol. The predicted molar refractivity (Wildman–Crippen MR) is 120 cm³/mol. The van der Waals surface area contributed by atoms with Crippen LogP contribution in [-0.2, 0) is 16.0 Å². The molecule has 0 saturated heterocycles. The summed E-state index contributed by atoms with van der Waals surface area (Å²) >= 11 is 1.18. The van der Waals surface area contributed by atoms with Crippen LogP contribution < -0.4 is 24.8 Å². The van der Waals surface area contributed by atoms with Gasteiger partial charge in [0.25, 0.3) is 0 Å². The van der Waals surface area contributed by atoms with Gasteiger partial charge < -0.3 is 24.8 Å². The number of rotatable bonds is 8. The fourth-order valence-electron chi connectivity index (χ4n) is 3.10. The van der Waals surface area contributed by atoms with Gasteiger partial charge in [0.15, 0.2) is 16.6 Å². The van der Waals surface area contributed by atoms with Crippen molar-refractivity contribution in [1.82, 2.24) is 4.98 Å². The number of methoxy groups -OCH3 is 3. The highest BCUT2D eigenvalue weighted by Crippen LogP contribution is 2.40. The van der Waals surface area contributed by atoms with E-state index in [1.54, 1.807) is 23.6 Å². The Bertz CT molecular complexity index is 1150. The molecular weight excluding hydrogens is 437 g/mol. The van der Waals surface area contributed by atoms with Gasteiger partial charge in [-0.05, 0) is 24.3 Å². The number of thiazole rings is 1. The number of aromatic nitrogens is 1. The molecule has 2 N–H and O–H groups in total. The standard InChI is InChI=1S/C22H22FN3O5S/c1-12(27)24-14-6-7-15(16(23)10-14)17-11-32-22(25-17)26-19(28)9-13-5-8-18(29-2)21(31-4)20(13)30-3/h5-8,10-11H,9H2,1-4H3,(H,24,27)(H,25,26,28). The number of benzene rings is 2. The van der Waals surface area contributed by atoms with E-state index in [4.69, 9.17) is 14.2 Å². The lowest BCUT2D eigenvalue weighted by molar-refractivity contribution is -0.116. The van der Waals surface area contributed by atoms with Gasteiger partial charge in [0.1, 0.15) is 5.82 Å². The number of anilines is 2. The van der Waals surface area contributed by atoms with Gasteiger partial charge in [0.2, 0.25) is 17.6 Å². The fourth-order valence-corrected chi connectivity index (χ4v) is 3.82. The minimum Gasteiger partial charge on any atom is -0.493 e. The molecule has 168 valence electrons. The number of amides is 2. The van der Waals surface area contributed by atoms with Crippen LogP contribution in [0.1, 0.15) is 12.5 Å². The Balaban J connectivity index is 1.74. The molecule has 0 unspecified atom stereocenters. The highest BCUT2D eigenvalue weighted by Gasteiger charge is 2.19. The van der Waals surface area contributed by atoms with Crippen molar-refractivity contribution in [2.45, 2.75) is 13.3 Å². The van der Waals surface area contributed by atoms with E-state index in [0.717, 1.165) is 0 Å². The Morgan fingerprint density at radius 1 is 1.03 bits per heavy atom. The SMILES string of the molecule is COc1ccc(CC(=O)Nc2nc(-c3ccc(NC(C)=O)cc3F)cs2)c(OC)c1OC. The zero-order chi connectivity index (χ0) is 23.3. The van der Waals surface area contributed by atoms with Gasteiger partial charge in [-0.1, -0.05) is 6.07 Å². The van der Waals surface area contributed by atoms with Crippen LogP contribution in [0.4, 0.5) is 15.2 Å². The molecule has 10 heteroatoms. The summed E-state index contributed by atoms with van der Waals surface area (Å²) in [6.07, 6.45) is 0.0121. The maximum absolute atomic E-state index is 14.5. The average Bonchev–Trinajstić information content (AvgIpc) is 3.20. The van der Waals surface area contributed by atoms with Gasteiger partial charge in [-0.15, -0.1) is 11.3 Å². The van der Waals surface area contributed by atoms with E-state index in [9.17, 15) is 14.0 Å². The van der Waals surface area contributed by atoms with Crippen molar-refractivity contribution in [1.29, 1.82) is 0 Å². The van der Waals surface area contributed by atoms with E-state index in [1.165, 1.54) is 51.7 Å². The Hall–Kier alpha value is -3.66. The third kappa shape index (κ3) is 5.14. The zero-order valence-corrected chi connectivity index (χ0v) is 18.8. The maximum atomic E-state index is 14.5. The number of hydrogen-bond acceptors (Lipinski definition) is 7. The van der Waals surface area contributed by atoms with Gasteiger partial charge in [0.05, 0.1) is 33.4 Å². The highest BCUT2D eigenvalue weighted by atomic mass is 32.1. The summed E-state index contributed by atoms with van der Waals surface area (Å²) in [6, 6.07) is 7.74.